The van der Waals surface area contributed by atoms with Crippen LogP contribution in [0.1, 0.15) is 5.56 Å². The predicted molar refractivity (Wildman–Crippen MR) is 57.5 cm³/mol. The van der Waals surface area contributed by atoms with E-state index in [4.69, 9.17) is 5.41 Å². The Morgan fingerprint density at radius 3 is 2.65 bits per heavy atom. The molecule has 17 heavy (non-hydrogen) atoms. The normalized spacial score (nSPS) is 11.8. The van der Waals surface area contributed by atoms with Crippen molar-refractivity contribution in [2.45, 2.75) is 6.36 Å². The zero-order valence-electron chi connectivity index (χ0n) is 8.88. The summed E-state index contributed by atoms with van der Waals surface area (Å²) in [6, 6.07) is 4.07. The molecule has 1 heterocycles. The first-order valence-corrected chi connectivity index (χ1v) is 4.76. The summed E-state index contributed by atoms with van der Waals surface area (Å²) in [6.45, 7) is 0. The molecule has 0 radical (unpaired) electrons. The van der Waals surface area contributed by atoms with E-state index in [0.29, 0.717) is 10.9 Å². The van der Waals surface area contributed by atoms with Crippen molar-refractivity contribution in [3.05, 3.63) is 30.0 Å². The number of alkyl halides is 3. The molecule has 6 heteroatoms. The third-order valence-electron chi connectivity index (χ3n) is 2.38. The minimum atomic E-state index is -4.70. The van der Waals surface area contributed by atoms with E-state index in [9.17, 15) is 13.2 Å². The van der Waals surface area contributed by atoms with Crippen LogP contribution >= 0.6 is 0 Å². The first-order chi connectivity index (χ1) is 7.90. The van der Waals surface area contributed by atoms with Crippen molar-refractivity contribution in [2.75, 3.05) is 0 Å². The molecule has 2 aromatic rings. The SMILES string of the molecule is Cn1cc(C=N)c2cc(OC(F)(F)F)ccc21. The van der Waals surface area contributed by atoms with Crippen LogP contribution in [0.2, 0.25) is 0 Å². The highest BCUT2D eigenvalue weighted by Crippen LogP contribution is 2.28. The summed E-state index contributed by atoms with van der Waals surface area (Å²) < 4.78 is 41.7. The third-order valence-corrected chi connectivity index (χ3v) is 2.38. The molecule has 1 N–H and O–H groups in total. The molecule has 0 bridgehead atoms. The Morgan fingerprint density at radius 2 is 2.06 bits per heavy atom. The van der Waals surface area contributed by atoms with Gasteiger partial charge in [-0.3, -0.25) is 0 Å². The fraction of sp³-hybridized carbons (Fsp3) is 0.182. The van der Waals surface area contributed by atoms with E-state index < -0.39 is 6.36 Å². The van der Waals surface area contributed by atoms with Crippen molar-refractivity contribution in [3.8, 4) is 5.75 Å². The number of benzene rings is 1. The number of rotatable bonds is 2. The predicted octanol–water partition coefficient (Wildman–Crippen LogP) is 3.07. The van der Waals surface area contributed by atoms with Crippen molar-refractivity contribution in [3.63, 3.8) is 0 Å². The summed E-state index contributed by atoms with van der Waals surface area (Å²) in [5.74, 6) is -0.278. The molecule has 1 aromatic heterocycles. The highest BCUT2D eigenvalue weighted by molar-refractivity contribution is 5.99. The first-order valence-electron chi connectivity index (χ1n) is 4.76. The Kier molecular flexibility index (Phi) is 2.57. The second kappa shape index (κ2) is 3.80. The monoisotopic (exact) mass is 242 g/mol. The Labute approximate surface area is 94.9 Å². The molecule has 3 nitrogen and oxygen atoms in total. The molecule has 0 aliphatic rings. The maximum absolute atomic E-state index is 12.1. The summed E-state index contributed by atoms with van der Waals surface area (Å²) in [6.07, 6.45) is -1.93. The molecule has 90 valence electrons. The molecule has 0 unspecified atom stereocenters. The second-order valence-corrected chi connectivity index (χ2v) is 3.57. The standard InChI is InChI=1S/C11H9F3N2O/c1-16-6-7(5-15)9-4-8(2-3-10(9)16)17-11(12,13)14/h2-6,15H,1H3. The van der Waals surface area contributed by atoms with Gasteiger partial charge in [0.25, 0.3) is 0 Å². The van der Waals surface area contributed by atoms with E-state index >= 15 is 0 Å². The molecule has 0 saturated heterocycles. The molecule has 0 saturated carbocycles. The van der Waals surface area contributed by atoms with Gasteiger partial charge in [-0.2, -0.15) is 0 Å². The number of hydrogen-bond acceptors (Lipinski definition) is 2. The van der Waals surface area contributed by atoms with Crippen molar-refractivity contribution in [2.24, 2.45) is 7.05 Å². The summed E-state index contributed by atoms with van der Waals surface area (Å²) in [7, 11) is 1.76. The smallest absolute Gasteiger partial charge is 0.406 e. The van der Waals surface area contributed by atoms with Gasteiger partial charge in [-0.1, -0.05) is 0 Å². The van der Waals surface area contributed by atoms with Gasteiger partial charge in [0.15, 0.2) is 0 Å². The van der Waals surface area contributed by atoms with Crippen molar-refractivity contribution in [1.29, 1.82) is 5.41 Å². The average molecular weight is 242 g/mol. The maximum atomic E-state index is 12.1. The molecule has 1 aromatic carbocycles. The fourth-order valence-corrected chi connectivity index (χ4v) is 1.71. The molecule has 0 amide bonds. The molecule has 0 aliphatic heterocycles. The van der Waals surface area contributed by atoms with Gasteiger partial charge in [0, 0.05) is 35.9 Å². The molecule has 0 aliphatic carbocycles. The number of aryl methyl sites for hydroxylation is 1. The van der Waals surface area contributed by atoms with Crippen LogP contribution in [0.3, 0.4) is 0 Å². The van der Waals surface area contributed by atoms with Crippen molar-refractivity contribution in [1.82, 2.24) is 4.57 Å². The number of nitrogens with zero attached hydrogens (tertiary/aromatic N) is 1. The number of fused-ring (bicyclic) bond motifs is 1. The van der Waals surface area contributed by atoms with E-state index in [1.807, 2.05) is 0 Å². The number of aromatic nitrogens is 1. The topological polar surface area (TPSA) is 38.0 Å². The van der Waals surface area contributed by atoms with Crippen molar-refractivity contribution >= 4 is 17.1 Å². The second-order valence-electron chi connectivity index (χ2n) is 3.57. The van der Waals surface area contributed by atoms with Crippen molar-refractivity contribution < 1.29 is 17.9 Å². The number of nitrogens with one attached hydrogen (secondary N) is 1. The van der Waals surface area contributed by atoms with Crippen LogP contribution in [-0.4, -0.2) is 17.1 Å². The van der Waals surface area contributed by atoms with Gasteiger partial charge in [-0.15, -0.1) is 13.2 Å². The fourth-order valence-electron chi connectivity index (χ4n) is 1.71. The van der Waals surface area contributed by atoms with Crippen LogP contribution in [0.5, 0.6) is 5.75 Å². The molecule has 0 spiro atoms. The van der Waals surface area contributed by atoms with E-state index in [1.165, 1.54) is 18.2 Å². The van der Waals surface area contributed by atoms with Crippen LogP contribution in [0.25, 0.3) is 10.9 Å². The van der Waals surface area contributed by atoms with Gasteiger partial charge in [0.1, 0.15) is 5.75 Å². The molecule has 2 rings (SSSR count). The lowest BCUT2D eigenvalue weighted by Crippen LogP contribution is -2.17. The van der Waals surface area contributed by atoms with Gasteiger partial charge in [0.2, 0.25) is 0 Å². The lowest BCUT2D eigenvalue weighted by Gasteiger charge is -2.08. The molecule has 0 atom stereocenters. The van der Waals surface area contributed by atoms with Crippen LogP contribution in [0.4, 0.5) is 13.2 Å². The molecular formula is C11H9F3N2O. The number of halogens is 3. The van der Waals surface area contributed by atoms with Gasteiger partial charge in [-0.25, -0.2) is 0 Å². The average Bonchev–Trinajstić information content (AvgIpc) is 2.53. The Balaban J connectivity index is 2.52. The van der Waals surface area contributed by atoms with Crippen LogP contribution in [0, 0.1) is 5.41 Å². The summed E-state index contributed by atoms with van der Waals surface area (Å²) in [4.78, 5) is 0. The van der Waals surface area contributed by atoms with Gasteiger partial charge in [0.05, 0.1) is 0 Å². The van der Waals surface area contributed by atoms with Crippen LogP contribution in [0.15, 0.2) is 24.4 Å². The zero-order valence-corrected chi connectivity index (χ0v) is 8.88. The lowest BCUT2D eigenvalue weighted by atomic mass is 10.2. The van der Waals surface area contributed by atoms with E-state index in [2.05, 4.69) is 4.74 Å². The van der Waals surface area contributed by atoms with Gasteiger partial charge >= 0.3 is 6.36 Å². The zero-order chi connectivity index (χ0) is 12.6. The van der Waals surface area contributed by atoms with Gasteiger partial charge < -0.3 is 14.7 Å². The van der Waals surface area contributed by atoms with Crippen LogP contribution in [-0.2, 0) is 7.05 Å². The maximum Gasteiger partial charge on any atom is 0.573 e. The molecule has 0 fully saturated rings. The Bertz CT molecular complexity index is 572. The number of hydrogen-bond donors (Lipinski definition) is 1. The molecular weight excluding hydrogens is 233 g/mol. The van der Waals surface area contributed by atoms with Crippen LogP contribution < -0.4 is 4.74 Å². The van der Waals surface area contributed by atoms with E-state index in [-0.39, 0.29) is 5.75 Å². The van der Waals surface area contributed by atoms with E-state index in [1.54, 1.807) is 17.8 Å². The summed E-state index contributed by atoms with van der Waals surface area (Å²) in [5, 5.41) is 7.75. The number of ether oxygens (including phenoxy) is 1. The largest absolute Gasteiger partial charge is 0.573 e. The Hall–Kier alpha value is -1.98. The van der Waals surface area contributed by atoms with E-state index in [0.717, 1.165) is 11.7 Å². The Morgan fingerprint density at radius 1 is 1.35 bits per heavy atom. The summed E-state index contributed by atoms with van der Waals surface area (Å²) in [5.41, 5.74) is 1.30. The summed E-state index contributed by atoms with van der Waals surface area (Å²) >= 11 is 0. The lowest BCUT2D eigenvalue weighted by molar-refractivity contribution is -0.274. The highest BCUT2D eigenvalue weighted by Gasteiger charge is 2.31. The highest BCUT2D eigenvalue weighted by atomic mass is 19.4. The minimum absolute atomic E-state index is 0.278. The quantitative estimate of drug-likeness (QED) is 0.807. The first kappa shape index (κ1) is 11.5. The minimum Gasteiger partial charge on any atom is -0.406 e. The third kappa shape index (κ3) is 2.25. The van der Waals surface area contributed by atoms with Gasteiger partial charge in [-0.05, 0) is 18.2 Å².